The molecular weight excluding hydrogens is 285 g/mol. The predicted molar refractivity (Wildman–Crippen MR) is 74.6 cm³/mol. The molecule has 0 spiro atoms. The van der Waals surface area contributed by atoms with E-state index in [-0.39, 0.29) is 17.2 Å². The minimum absolute atomic E-state index is 0.0692. The predicted octanol–water partition coefficient (Wildman–Crippen LogP) is 3.82. The molecule has 5 heteroatoms. The van der Waals surface area contributed by atoms with Gasteiger partial charge in [-0.25, -0.2) is 0 Å². The summed E-state index contributed by atoms with van der Waals surface area (Å²) in [5.74, 6) is -0.316. The van der Waals surface area contributed by atoms with Gasteiger partial charge >= 0.3 is 0 Å². The van der Waals surface area contributed by atoms with E-state index >= 15 is 0 Å². The first-order valence-electron chi connectivity index (χ1n) is 5.52. The molecular formula is C14H7Cl2NO2. The molecule has 3 rings (SSSR count). The second-order valence-corrected chi connectivity index (χ2v) is 5.02. The lowest BCUT2D eigenvalue weighted by Gasteiger charge is -2.02. The van der Waals surface area contributed by atoms with Gasteiger partial charge in [0.05, 0.1) is 5.56 Å². The van der Waals surface area contributed by atoms with Crippen molar-refractivity contribution >= 4 is 40.4 Å². The summed E-state index contributed by atoms with van der Waals surface area (Å²) < 4.78 is 0.606. The summed E-state index contributed by atoms with van der Waals surface area (Å²) in [6, 6.07) is 11.3. The van der Waals surface area contributed by atoms with Gasteiger partial charge in [0.25, 0.3) is 11.5 Å². The third-order valence-electron chi connectivity index (χ3n) is 2.94. The Balaban J connectivity index is 2.22. The number of hydrogen-bond acceptors (Lipinski definition) is 2. The molecule has 1 aliphatic rings. The van der Waals surface area contributed by atoms with Gasteiger partial charge < -0.3 is 5.21 Å². The summed E-state index contributed by atoms with van der Waals surface area (Å²) >= 11 is 11.7. The number of halogens is 2. The fourth-order valence-corrected chi connectivity index (χ4v) is 2.45. The normalized spacial score (nSPS) is 13.9. The number of carbonyl (C=O) groups excluding carboxylic acids is 1. The van der Waals surface area contributed by atoms with Crippen LogP contribution in [0.2, 0.25) is 10.0 Å². The summed E-state index contributed by atoms with van der Waals surface area (Å²) in [5.41, 5.74) is 1.20. The van der Waals surface area contributed by atoms with Crippen LogP contribution in [-0.2, 0) is 0 Å². The summed E-state index contributed by atoms with van der Waals surface area (Å²) in [6.07, 6.45) is 0. The quantitative estimate of drug-likeness (QED) is 0.592. The number of hydrogen-bond donors (Lipinski definition) is 0. The number of Topliss-reactive ketones (excluding diaryl/α,β-unsaturated/α-hetero) is 1. The van der Waals surface area contributed by atoms with Crippen LogP contribution in [0.3, 0.4) is 0 Å². The third kappa shape index (κ3) is 1.91. The van der Waals surface area contributed by atoms with Gasteiger partial charge in [0.2, 0.25) is 5.69 Å². The molecule has 0 unspecified atom stereocenters. The van der Waals surface area contributed by atoms with E-state index in [9.17, 15) is 10.0 Å². The van der Waals surface area contributed by atoms with E-state index < -0.39 is 0 Å². The summed E-state index contributed by atoms with van der Waals surface area (Å²) in [6.45, 7) is 0. The van der Waals surface area contributed by atoms with Crippen molar-refractivity contribution < 1.29 is 9.53 Å². The maximum atomic E-state index is 12.3. The second kappa shape index (κ2) is 4.37. The van der Waals surface area contributed by atoms with Gasteiger partial charge in [0, 0.05) is 16.1 Å². The molecule has 0 aliphatic carbocycles. The first kappa shape index (κ1) is 12.2. The van der Waals surface area contributed by atoms with Crippen LogP contribution in [0.25, 0.3) is 0 Å². The maximum Gasteiger partial charge on any atom is 0.273 e. The van der Waals surface area contributed by atoms with Gasteiger partial charge in [-0.1, -0.05) is 29.3 Å². The molecule has 0 aromatic heterocycles. The van der Waals surface area contributed by atoms with Crippen LogP contribution in [0.15, 0.2) is 42.5 Å². The lowest BCUT2D eigenvalue weighted by Crippen LogP contribution is -2.16. The Bertz CT molecular complexity index is 738. The molecule has 0 saturated heterocycles. The van der Waals surface area contributed by atoms with E-state index in [1.807, 2.05) is 0 Å². The highest BCUT2D eigenvalue weighted by Gasteiger charge is 2.36. The minimum atomic E-state index is -0.316. The van der Waals surface area contributed by atoms with Crippen molar-refractivity contribution in [3.8, 4) is 0 Å². The Morgan fingerprint density at radius 1 is 1.00 bits per heavy atom. The average Bonchev–Trinajstić information content (AvgIpc) is 2.61. The molecule has 0 fully saturated rings. The van der Waals surface area contributed by atoms with Gasteiger partial charge in [-0.15, -0.1) is 0 Å². The minimum Gasteiger partial charge on any atom is -0.618 e. The largest absolute Gasteiger partial charge is 0.618 e. The standard InChI is InChI=1S/C14H7Cl2NO2/c15-9-3-1-2-8(6-9)13-14(18)11-5-4-10(16)7-12(11)17(13)19/h1-7H. The first-order chi connectivity index (χ1) is 9.08. The summed E-state index contributed by atoms with van der Waals surface area (Å²) in [5, 5.41) is 13.1. The monoisotopic (exact) mass is 291 g/mol. The van der Waals surface area contributed by atoms with Crippen LogP contribution in [0.1, 0.15) is 15.9 Å². The van der Waals surface area contributed by atoms with Gasteiger partial charge in [0.1, 0.15) is 5.56 Å². The first-order valence-corrected chi connectivity index (χ1v) is 6.28. The molecule has 3 nitrogen and oxygen atoms in total. The number of carbonyl (C=O) groups is 1. The van der Waals surface area contributed by atoms with Crippen LogP contribution in [0.4, 0.5) is 5.69 Å². The fraction of sp³-hybridized carbons (Fsp3) is 0. The van der Waals surface area contributed by atoms with Crippen LogP contribution in [0.5, 0.6) is 0 Å². The van der Waals surface area contributed by atoms with Gasteiger partial charge in [-0.3, -0.25) is 4.79 Å². The Labute approximate surface area is 119 Å². The van der Waals surface area contributed by atoms with Crippen LogP contribution >= 0.6 is 23.2 Å². The molecule has 94 valence electrons. The lowest BCUT2D eigenvalue weighted by molar-refractivity contribution is -0.355. The SMILES string of the molecule is O=C1C(c2cccc(Cl)c2)=[N+]([O-])c2cc(Cl)ccc21. The topological polar surface area (TPSA) is 43.1 Å². The molecule has 19 heavy (non-hydrogen) atoms. The Morgan fingerprint density at radius 2 is 1.74 bits per heavy atom. The number of nitrogens with zero attached hydrogens (tertiary/aromatic N) is 1. The zero-order chi connectivity index (χ0) is 13.6. The zero-order valence-electron chi connectivity index (χ0n) is 9.56. The summed E-state index contributed by atoms with van der Waals surface area (Å²) in [7, 11) is 0. The highest BCUT2D eigenvalue weighted by molar-refractivity contribution is 6.52. The van der Waals surface area contributed by atoms with Crippen LogP contribution in [0, 0.1) is 5.21 Å². The highest BCUT2D eigenvalue weighted by atomic mass is 35.5. The molecule has 0 N–H and O–H groups in total. The lowest BCUT2D eigenvalue weighted by atomic mass is 10.0. The van der Waals surface area contributed by atoms with Crippen molar-refractivity contribution in [2.75, 3.05) is 0 Å². The van der Waals surface area contributed by atoms with E-state index in [0.29, 0.717) is 25.9 Å². The van der Waals surface area contributed by atoms with E-state index in [4.69, 9.17) is 23.2 Å². The molecule has 1 heterocycles. The number of ketones is 1. The Kier molecular flexibility index (Phi) is 2.81. The van der Waals surface area contributed by atoms with Crippen molar-refractivity contribution in [3.05, 3.63) is 68.8 Å². The second-order valence-electron chi connectivity index (χ2n) is 4.14. The van der Waals surface area contributed by atoms with Crippen molar-refractivity contribution in [2.24, 2.45) is 0 Å². The molecule has 0 radical (unpaired) electrons. The van der Waals surface area contributed by atoms with E-state index in [1.165, 1.54) is 6.07 Å². The molecule has 2 aromatic rings. The van der Waals surface area contributed by atoms with Crippen molar-refractivity contribution in [3.63, 3.8) is 0 Å². The molecule has 0 saturated carbocycles. The Hall–Kier alpha value is -1.84. The third-order valence-corrected chi connectivity index (χ3v) is 3.41. The number of fused-ring (bicyclic) bond motifs is 1. The molecule has 1 aliphatic heterocycles. The van der Waals surface area contributed by atoms with Crippen molar-refractivity contribution in [1.29, 1.82) is 0 Å². The number of benzene rings is 2. The molecule has 0 bridgehead atoms. The van der Waals surface area contributed by atoms with E-state index in [0.717, 1.165) is 0 Å². The zero-order valence-corrected chi connectivity index (χ0v) is 11.1. The summed E-state index contributed by atoms with van der Waals surface area (Å²) in [4.78, 5) is 12.3. The molecule has 0 amide bonds. The smallest absolute Gasteiger partial charge is 0.273 e. The van der Waals surface area contributed by atoms with E-state index in [1.54, 1.807) is 36.4 Å². The van der Waals surface area contributed by atoms with Gasteiger partial charge in [0.15, 0.2) is 0 Å². The number of rotatable bonds is 1. The highest BCUT2D eigenvalue weighted by Crippen LogP contribution is 2.31. The van der Waals surface area contributed by atoms with Crippen molar-refractivity contribution in [2.45, 2.75) is 0 Å². The Morgan fingerprint density at radius 3 is 2.47 bits per heavy atom. The van der Waals surface area contributed by atoms with Crippen LogP contribution < -0.4 is 0 Å². The van der Waals surface area contributed by atoms with Gasteiger partial charge in [-0.2, -0.15) is 4.74 Å². The van der Waals surface area contributed by atoms with Crippen LogP contribution in [-0.4, -0.2) is 16.2 Å². The molecule has 0 atom stereocenters. The van der Waals surface area contributed by atoms with Gasteiger partial charge in [-0.05, 0) is 30.3 Å². The fourth-order valence-electron chi connectivity index (χ4n) is 2.09. The van der Waals surface area contributed by atoms with E-state index in [2.05, 4.69) is 0 Å². The molecule has 2 aromatic carbocycles. The van der Waals surface area contributed by atoms with Crippen molar-refractivity contribution in [1.82, 2.24) is 0 Å². The average molecular weight is 292 g/mol. The maximum absolute atomic E-state index is 12.3.